The molecule has 7 heteroatoms. The van der Waals surface area contributed by atoms with Crippen molar-refractivity contribution >= 4 is 17.3 Å². The molecule has 2 rings (SSSR count). The number of rotatable bonds is 7. The van der Waals surface area contributed by atoms with Crippen LogP contribution in [-0.2, 0) is 4.79 Å². The summed E-state index contributed by atoms with van der Waals surface area (Å²) < 4.78 is 0. The lowest BCUT2D eigenvalue weighted by Gasteiger charge is -2.24. The molecule has 0 bridgehead atoms. The van der Waals surface area contributed by atoms with Crippen LogP contribution in [-0.4, -0.2) is 35.1 Å². The number of nitrogens with zero attached hydrogens (tertiary/aromatic N) is 1. The van der Waals surface area contributed by atoms with Crippen molar-refractivity contribution in [1.82, 2.24) is 5.32 Å². The Morgan fingerprint density at radius 3 is 2.75 bits per heavy atom. The topological polar surface area (TPSA) is 104 Å². The summed E-state index contributed by atoms with van der Waals surface area (Å²) in [5.41, 5.74) is 0.417. The van der Waals surface area contributed by atoms with Crippen molar-refractivity contribution in [3.8, 4) is 0 Å². The van der Waals surface area contributed by atoms with Gasteiger partial charge in [0.15, 0.2) is 0 Å². The number of hydrogen-bond acceptors (Lipinski definition) is 5. The number of hydrogen-bond donors (Lipinski definition) is 3. The fourth-order valence-corrected chi connectivity index (χ4v) is 3.16. The van der Waals surface area contributed by atoms with Gasteiger partial charge in [-0.3, -0.25) is 14.9 Å². The Morgan fingerprint density at radius 1 is 1.25 bits per heavy atom. The van der Waals surface area contributed by atoms with Crippen molar-refractivity contribution in [2.24, 2.45) is 5.92 Å². The summed E-state index contributed by atoms with van der Waals surface area (Å²) in [7, 11) is 0. The predicted molar refractivity (Wildman–Crippen MR) is 91.8 cm³/mol. The highest BCUT2D eigenvalue weighted by Crippen LogP contribution is 2.24. The molecule has 1 amide bonds. The van der Waals surface area contributed by atoms with E-state index in [2.05, 4.69) is 10.6 Å². The fraction of sp³-hybridized carbons (Fsp3) is 0.588. The van der Waals surface area contributed by atoms with Crippen LogP contribution in [0.2, 0.25) is 0 Å². The maximum atomic E-state index is 12.1. The number of benzene rings is 1. The summed E-state index contributed by atoms with van der Waals surface area (Å²) in [6.45, 7) is 0.423. The highest BCUT2D eigenvalue weighted by Gasteiger charge is 2.24. The summed E-state index contributed by atoms with van der Waals surface area (Å²) in [6, 6.07) is 6.41. The number of aliphatic hydroxyl groups excluding tert-OH is 1. The smallest absolute Gasteiger partial charge is 0.292 e. The fourth-order valence-electron chi connectivity index (χ4n) is 3.16. The van der Waals surface area contributed by atoms with Crippen LogP contribution in [0, 0.1) is 16.0 Å². The second kappa shape index (κ2) is 9.22. The minimum Gasteiger partial charge on any atom is -0.396 e. The maximum absolute atomic E-state index is 12.1. The summed E-state index contributed by atoms with van der Waals surface area (Å²) >= 11 is 0. The van der Waals surface area contributed by atoms with Gasteiger partial charge in [-0.2, -0.15) is 0 Å². The first kappa shape index (κ1) is 18.2. The van der Waals surface area contributed by atoms with Gasteiger partial charge in [-0.05, 0) is 18.9 Å². The third-order valence-corrected chi connectivity index (χ3v) is 4.51. The number of carbonyl (C=O) groups is 1. The van der Waals surface area contributed by atoms with Gasteiger partial charge < -0.3 is 15.7 Å². The van der Waals surface area contributed by atoms with Crippen molar-refractivity contribution in [2.45, 2.75) is 44.6 Å². The lowest BCUT2D eigenvalue weighted by molar-refractivity contribution is -0.384. The van der Waals surface area contributed by atoms with Gasteiger partial charge >= 0.3 is 0 Å². The molecular formula is C17H25N3O4. The van der Waals surface area contributed by atoms with E-state index in [4.69, 9.17) is 0 Å². The molecule has 1 aromatic carbocycles. The molecule has 0 heterocycles. The number of carbonyl (C=O) groups excluding carboxylic acids is 1. The first-order chi connectivity index (χ1) is 11.6. The molecule has 2 unspecified atom stereocenters. The zero-order chi connectivity index (χ0) is 17.4. The van der Waals surface area contributed by atoms with Gasteiger partial charge in [0.1, 0.15) is 5.69 Å². The summed E-state index contributed by atoms with van der Waals surface area (Å²) in [4.78, 5) is 22.6. The molecular weight excluding hydrogens is 310 g/mol. The van der Waals surface area contributed by atoms with E-state index in [1.54, 1.807) is 18.2 Å². The largest absolute Gasteiger partial charge is 0.396 e. The van der Waals surface area contributed by atoms with E-state index in [1.807, 2.05) is 0 Å². The van der Waals surface area contributed by atoms with Gasteiger partial charge in [-0.15, -0.1) is 0 Å². The Balaban J connectivity index is 1.82. The lowest BCUT2D eigenvalue weighted by Crippen LogP contribution is -2.41. The number of nitro benzene ring substituents is 1. The summed E-state index contributed by atoms with van der Waals surface area (Å²) in [6.07, 6.45) is 5.37. The van der Waals surface area contributed by atoms with Crippen molar-refractivity contribution in [1.29, 1.82) is 0 Å². The van der Waals surface area contributed by atoms with Gasteiger partial charge in [-0.25, -0.2) is 0 Å². The predicted octanol–water partition coefficient (Wildman–Crippen LogP) is 2.45. The first-order valence-corrected chi connectivity index (χ1v) is 8.49. The van der Waals surface area contributed by atoms with E-state index in [9.17, 15) is 20.0 Å². The molecule has 7 nitrogen and oxygen atoms in total. The highest BCUT2D eigenvalue weighted by atomic mass is 16.6. The number of aliphatic hydroxyl groups is 1. The van der Waals surface area contributed by atoms with Gasteiger partial charge in [0.05, 0.1) is 4.92 Å². The normalized spacial score (nSPS) is 20.9. The Morgan fingerprint density at radius 2 is 2.00 bits per heavy atom. The van der Waals surface area contributed by atoms with Gasteiger partial charge in [0.25, 0.3) is 5.69 Å². The third kappa shape index (κ3) is 5.19. The number of anilines is 1. The quantitative estimate of drug-likeness (QED) is 0.403. The Kier molecular flexibility index (Phi) is 6.99. The zero-order valence-electron chi connectivity index (χ0n) is 13.7. The number of nitrogens with one attached hydrogen (secondary N) is 2. The SMILES string of the molecule is O=C(CCNc1ccccc1[N+](=O)[O-])NC1CCCCCC1CO. The Hall–Kier alpha value is -2.15. The van der Waals surface area contributed by atoms with E-state index in [1.165, 1.54) is 6.07 Å². The minimum absolute atomic E-state index is 0.00187. The summed E-state index contributed by atoms with van der Waals surface area (Å²) in [5.74, 6) is 0.0334. The number of nitro groups is 1. The Labute approximate surface area is 141 Å². The van der Waals surface area contributed by atoms with Crippen LogP contribution in [0.1, 0.15) is 38.5 Å². The van der Waals surface area contributed by atoms with Crippen LogP contribution in [0.4, 0.5) is 11.4 Å². The van der Waals surface area contributed by atoms with E-state index >= 15 is 0 Å². The van der Waals surface area contributed by atoms with Crippen molar-refractivity contribution < 1.29 is 14.8 Å². The average molecular weight is 335 g/mol. The zero-order valence-corrected chi connectivity index (χ0v) is 13.7. The second-order valence-electron chi connectivity index (χ2n) is 6.21. The molecule has 1 aromatic rings. The highest BCUT2D eigenvalue weighted by molar-refractivity contribution is 5.77. The van der Waals surface area contributed by atoms with E-state index in [-0.39, 0.29) is 36.6 Å². The molecule has 1 fully saturated rings. The first-order valence-electron chi connectivity index (χ1n) is 8.49. The third-order valence-electron chi connectivity index (χ3n) is 4.51. The van der Waals surface area contributed by atoms with E-state index in [0.29, 0.717) is 12.2 Å². The van der Waals surface area contributed by atoms with Crippen molar-refractivity contribution in [2.75, 3.05) is 18.5 Å². The molecule has 1 saturated carbocycles. The molecule has 2 atom stereocenters. The molecule has 0 aliphatic heterocycles. The number of para-hydroxylation sites is 2. The molecule has 0 saturated heterocycles. The van der Waals surface area contributed by atoms with Crippen molar-refractivity contribution in [3.63, 3.8) is 0 Å². The van der Waals surface area contributed by atoms with E-state index in [0.717, 1.165) is 32.1 Å². The molecule has 1 aliphatic carbocycles. The molecule has 3 N–H and O–H groups in total. The van der Waals surface area contributed by atoms with Crippen LogP contribution < -0.4 is 10.6 Å². The Bertz CT molecular complexity index is 565. The van der Waals surface area contributed by atoms with Gasteiger partial charge in [-0.1, -0.05) is 31.4 Å². The lowest BCUT2D eigenvalue weighted by atomic mass is 9.95. The molecule has 0 spiro atoms. The monoisotopic (exact) mass is 335 g/mol. The van der Waals surface area contributed by atoms with Crippen LogP contribution in [0.5, 0.6) is 0 Å². The molecule has 132 valence electrons. The van der Waals surface area contributed by atoms with Crippen LogP contribution in [0.3, 0.4) is 0 Å². The second-order valence-corrected chi connectivity index (χ2v) is 6.21. The van der Waals surface area contributed by atoms with Gasteiger partial charge in [0, 0.05) is 37.6 Å². The molecule has 24 heavy (non-hydrogen) atoms. The average Bonchev–Trinajstić information content (AvgIpc) is 2.80. The molecule has 1 aliphatic rings. The van der Waals surface area contributed by atoms with E-state index < -0.39 is 4.92 Å². The van der Waals surface area contributed by atoms with Crippen LogP contribution in [0.15, 0.2) is 24.3 Å². The maximum Gasteiger partial charge on any atom is 0.292 e. The van der Waals surface area contributed by atoms with Crippen molar-refractivity contribution in [3.05, 3.63) is 34.4 Å². The minimum atomic E-state index is -0.445. The summed E-state index contributed by atoms with van der Waals surface area (Å²) in [5, 5.41) is 26.4. The molecule has 0 radical (unpaired) electrons. The molecule has 0 aromatic heterocycles. The van der Waals surface area contributed by atoms with Crippen LogP contribution >= 0.6 is 0 Å². The van der Waals surface area contributed by atoms with Crippen LogP contribution in [0.25, 0.3) is 0 Å². The number of amides is 1. The standard InChI is InChI=1S/C17H25N3O4/c21-12-13-6-2-1-3-7-14(13)19-17(22)10-11-18-15-8-4-5-9-16(15)20(23)24/h4-5,8-9,13-14,18,21H,1-3,6-7,10-12H2,(H,19,22). The van der Waals surface area contributed by atoms with Gasteiger partial charge in [0.2, 0.25) is 5.91 Å².